The lowest BCUT2D eigenvalue weighted by Crippen LogP contribution is -2.38. The summed E-state index contributed by atoms with van der Waals surface area (Å²) < 4.78 is 0.742. The molecule has 1 N–H and O–H groups in total. The Balaban J connectivity index is 1.96. The molecule has 0 aromatic carbocycles. The Bertz CT molecular complexity index is 403. The van der Waals surface area contributed by atoms with Crippen molar-refractivity contribution in [3.05, 3.63) is 28.5 Å². The highest BCUT2D eigenvalue weighted by atomic mass is 79.9. The van der Waals surface area contributed by atoms with E-state index in [0.717, 1.165) is 30.2 Å². The number of nitrogens with one attached hydrogen (secondary N) is 1. The molecule has 0 saturated heterocycles. The minimum absolute atomic E-state index is 0.0875. The van der Waals surface area contributed by atoms with Gasteiger partial charge in [-0.2, -0.15) is 0 Å². The molecule has 0 spiro atoms. The summed E-state index contributed by atoms with van der Waals surface area (Å²) in [6, 6.07) is 3.92. The van der Waals surface area contributed by atoms with E-state index in [9.17, 15) is 4.79 Å². The minimum atomic E-state index is -0.0875. The maximum Gasteiger partial charge on any atom is 0.271 e. The molecule has 0 bridgehead atoms. The van der Waals surface area contributed by atoms with E-state index >= 15 is 0 Å². The summed E-state index contributed by atoms with van der Waals surface area (Å²) in [7, 11) is 0. The molecule has 1 aromatic rings. The van der Waals surface area contributed by atoms with Crippen LogP contribution in [0.3, 0.4) is 0 Å². The lowest BCUT2D eigenvalue weighted by molar-refractivity contribution is 0.0922. The van der Waals surface area contributed by atoms with Gasteiger partial charge < -0.3 is 5.32 Å². The van der Waals surface area contributed by atoms with Gasteiger partial charge in [0.1, 0.15) is 5.69 Å². The van der Waals surface area contributed by atoms with Crippen molar-refractivity contribution in [1.29, 1.82) is 0 Å². The topological polar surface area (TPSA) is 42.0 Å². The Labute approximate surface area is 118 Å². The number of halogens is 2. The first-order valence-corrected chi connectivity index (χ1v) is 7.43. The van der Waals surface area contributed by atoms with Crippen LogP contribution in [0, 0.1) is 0 Å². The predicted molar refractivity (Wildman–Crippen MR) is 74.4 cm³/mol. The van der Waals surface area contributed by atoms with E-state index < -0.39 is 0 Å². The van der Waals surface area contributed by atoms with Crippen LogP contribution >= 0.6 is 31.9 Å². The van der Waals surface area contributed by atoms with Crippen molar-refractivity contribution in [1.82, 2.24) is 10.3 Å². The van der Waals surface area contributed by atoms with Crippen LogP contribution in [0.4, 0.5) is 0 Å². The van der Waals surface area contributed by atoms with Gasteiger partial charge in [0.25, 0.3) is 5.91 Å². The van der Waals surface area contributed by atoms with Crippen LogP contribution in [-0.4, -0.2) is 21.8 Å². The third-order valence-electron chi connectivity index (χ3n) is 2.97. The molecule has 0 radical (unpaired) electrons. The zero-order valence-electron chi connectivity index (χ0n) is 9.33. The molecule has 1 heterocycles. The zero-order chi connectivity index (χ0) is 12.3. The summed E-state index contributed by atoms with van der Waals surface area (Å²) in [5.41, 5.74) is 0.466. The van der Waals surface area contributed by atoms with Crippen molar-refractivity contribution in [2.24, 2.45) is 0 Å². The number of carbonyl (C=O) groups is 1. The third kappa shape index (κ3) is 3.52. The number of nitrogens with zero attached hydrogens (tertiary/aromatic N) is 1. The van der Waals surface area contributed by atoms with Gasteiger partial charge in [-0.05, 0) is 53.7 Å². The first-order valence-electron chi connectivity index (χ1n) is 5.72. The maximum atomic E-state index is 12.0. The van der Waals surface area contributed by atoms with Crippen molar-refractivity contribution in [2.75, 3.05) is 0 Å². The Kier molecular flexibility index (Phi) is 4.56. The quantitative estimate of drug-likeness (QED) is 0.821. The van der Waals surface area contributed by atoms with E-state index in [-0.39, 0.29) is 11.9 Å². The van der Waals surface area contributed by atoms with Crippen molar-refractivity contribution < 1.29 is 4.79 Å². The molecule has 1 aromatic heterocycles. The van der Waals surface area contributed by atoms with Crippen molar-refractivity contribution in [2.45, 2.75) is 36.6 Å². The Morgan fingerprint density at radius 2 is 2.06 bits per heavy atom. The Hall–Kier alpha value is -0.420. The van der Waals surface area contributed by atoms with Crippen LogP contribution in [0.2, 0.25) is 0 Å². The lowest BCUT2D eigenvalue weighted by Gasteiger charge is -2.25. The molecular weight excluding hydrogens is 348 g/mol. The van der Waals surface area contributed by atoms with Gasteiger partial charge in [0, 0.05) is 21.5 Å². The normalized spacial score (nSPS) is 24.4. The lowest BCUT2D eigenvalue weighted by atomic mass is 9.95. The van der Waals surface area contributed by atoms with E-state index in [1.807, 2.05) is 6.07 Å². The van der Waals surface area contributed by atoms with Gasteiger partial charge in [-0.25, -0.2) is 4.98 Å². The molecule has 1 saturated carbocycles. The van der Waals surface area contributed by atoms with Crippen molar-refractivity contribution in [3.63, 3.8) is 0 Å². The summed E-state index contributed by atoms with van der Waals surface area (Å²) in [6.45, 7) is 0. The number of amides is 1. The molecule has 1 aliphatic carbocycles. The number of aromatic nitrogens is 1. The second-order valence-electron chi connectivity index (χ2n) is 4.26. The van der Waals surface area contributed by atoms with Crippen molar-refractivity contribution >= 4 is 37.8 Å². The number of alkyl halides is 1. The van der Waals surface area contributed by atoms with E-state index in [4.69, 9.17) is 0 Å². The highest BCUT2D eigenvalue weighted by Crippen LogP contribution is 2.24. The second-order valence-corrected chi connectivity index (χ2v) is 6.41. The van der Waals surface area contributed by atoms with E-state index in [0.29, 0.717) is 10.5 Å². The second kappa shape index (κ2) is 5.96. The standard InChI is InChI=1S/C12H14Br2N2O/c13-8-3-5-9(6-4-8)16-12(17)11-10(14)2-1-7-15-11/h1-2,7-9H,3-6H2,(H,16,17). The molecule has 1 aliphatic rings. The molecule has 0 atom stereocenters. The average Bonchev–Trinajstić information content (AvgIpc) is 2.32. The fourth-order valence-corrected chi connectivity index (χ4v) is 2.97. The predicted octanol–water partition coefficient (Wildman–Crippen LogP) is 3.28. The first-order chi connectivity index (χ1) is 8.16. The van der Waals surface area contributed by atoms with Crippen LogP contribution < -0.4 is 5.32 Å². The molecule has 92 valence electrons. The summed E-state index contributed by atoms with van der Waals surface area (Å²) in [6.07, 6.45) is 5.94. The molecule has 5 heteroatoms. The summed E-state index contributed by atoms with van der Waals surface area (Å²) >= 11 is 6.95. The van der Waals surface area contributed by atoms with Gasteiger partial charge in [0.05, 0.1) is 0 Å². The van der Waals surface area contributed by atoms with Crippen molar-refractivity contribution in [3.8, 4) is 0 Å². The minimum Gasteiger partial charge on any atom is -0.348 e. The van der Waals surface area contributed by atoms with Crippen LogP contribution in [0.25, 0.3) is 0 Å². The van der Waals surface area contributed by atoms with Crippen LogP contribution in [0.1, 0.15) is 36.2 Å². The number of hydrogen-bond acceptors (Lipinski definition) is 2. The first kappa shape index (κ1) is 13.0. The zero-order valence-corrected chi connectivity index (χ0v) is 12.5. The number of rotatable bonds is 2. The van der Waals surface area contributed by atoms with E-state index in [2.05, 4.69) is 42.2 Å². The molecular formula is C12H14Br2N2O. The van der Waals surface area contributed by atoms with Crippen LogP contribution in [-0.2, 0) is 0 Å². The molecule has 0 aliphatic heterocycles. The monoisotopic (exact) mass is 360 g/mol. The average molecular weight is 362 g/mol. The Morgan fingerprint density at radius 1 is 1.35 bits per heavy atom. The Morgan fingerprint density at radius 3 is 2.71 bits per heavy atom. The SMILES string of the molecule is O=C(NC1CCC(Br)CC1)c1ncccc1Br. The number of pyridine rings is 1. The highest BCUT2D eigenvalue weighted by Gasteiger charge is 2.22. The van der Waals surface area contributed by atoms with Gasteiger partial charge in [-0.1, -0.05) is 15.9 Å². The fourth-order valence-electron chi connectivity index (χ4n) is 2.00. The largest absolute Gasteiger partial charge is 0.348 e. The van der Waals surface area contributed by atoms with Crippen LogP contribution in [0.5, 0.6) is 0 Å². The van der Waals surface area contributed by atoms with Gasteiger partial charge >= 0.3 is 0 Å². The van der Waals surface area contributed by atoms with Gasteiger partial charge in [-0.3, -0.25) is 4.79 Å². The summed E-state index contributed by atoms with van der Waals surface area (Å²) in [5, 5.41) is 3.04. The molecule has 17 heavy (non-hydrogen) atoms. The van der Waals surface area contributed by atoms with Gasteiger partial charge in [0.15, 0.2) is 0 Å². The molecule has 3 nitrogen and oxygen atoms in total. The number of carbonyl (C=O) groups excluding carboxylic acids is 1. The third-order valence-corrected chi connectivity index (χ3v) is 4.52. The smallest absolute Gasteiger partial charge is 0.271 e. The van der Waals surface area contributed by atoms with Gasteiger partial charge in [0.2, 0.25) is 0 Å². The number of hydrogen-bond donors (Lipinski definition) is 1. The summed E-state index contributed by atoms with van der Waals surface area (Å²) in [5.74, 6) is -0.0875. The van der Waals surface area contributed by atoms with E-state index in [1.54, 1.807) is 12.3 Å². The fraction of sp³-hybridized carbons (Fsp3) is 0.500. The molecule has 2 rings (SSSR count). The molecule has 0 unspecified atom stereocenters. The maximum absolute atomic E-state index is 12.0. The van der Waals surface area contributed by atoms with Gasteiger partial charge in [-0.15, -0.1) is 0 Å². The molecule has 1 amide bonds. The summed E-state index contributed by atoms with van der Waals surface area (Å²) in [4.78, 5) is 16.7. The highest BCUT2D eigenvalue weighted by molar-refractivity contribution is 9.10. The molecule has 1 fully saturated rings. The van der Waals surface area contributed by atoms with E-state index in [1.165, 1.54) is 0 Å². The van der Waals surface area contributed by atoms with Crippen LogP contribution in [0.15, 0.2) is 22.8 Å².